The number of nitrogen functional groups attached to an aromatic ring is 1. The van der Waals surface area contributed by atoms with Gasteiger partial charge in [-0.2, -0.15) is 0 Å². The maximum Gasteiger partial charge on any atom is 0.169 e. The van der Waals surface area contributed by atoms with Gasteiger partial charge in [0.1, 0.15) is 23.3 Å². The zero-order valence-corrected chi connectivity index (χ0v) is 22.6. The van der Waals surface area contributed by atoms with Gasteiger partial charge in [0.2, 0.25) is 0 Å². The minimum absolute atomic E-state index is 0.0193. The molecule has 0 saturated carbocycles. The lowest BCUT2D eigenvalue weighted by Crippen LogP contribution is -2.54. The lowest BCUT2D eigenvalue weighted by atomic mass is 9.84. The van der Waals surface area contributed by atoms with E-state index in [2.05, 4.69) is 54.3 Å². The van der Waals surface area contributed by atoms with Gasteiger partial charge in [0, 0.05) is 61.5 Å². The number of phenolic OH excluding ortho intramolecular Hbond substituents is 1. The number of hydrogen-bond donors (Lipinski definition) is 5. The highest BCUT2D eigenvalue weighted by Gasteiger charge is 2.42. The molecule has 10 nitrogen and oxygen atoms in total. The number of pyridine rings is 1. The summed E-state index contributed by atoms with van der Waals surface area (Å²) in [4.78, 5) is 9.29. The normalized spacial score (nSPS) is 26.5. The number of piperazine rings is 1. The number of nitrogens with zero attached hydrogens (tertiary/aromatic N) is 5. The molecule has 1 aromatic carbocycles. The van der Waals surface area contributed by atoms with Gasteiger partial charge in [-0.05, 0) is 61.4 Å². The van der Waals surface area contributed by atoms with Crippen molar-refractivity contribution in [3.8, 4) is 28.8 Å². The molecule has 5 heterocycles. The average molecular weight is 552 g/mol. The molecule has 3 aromatic rings. The number of para-hydroxylation sites is 1. The molecule has 2 aromatic heterocycles. The third-order valence-corrected chi connectivity index (χ3v) is 9.04. The van der Waals surface area contributed by atoms with E-state index in [9.17, 15) is 15.3 Å². The van der Waals surface area contributed by atoms with Crippen LogP contribution in [0.15, 0.2) is 60.1 Å². The molecule has 4 bridgehead atoms. The number of allylic oxidation sites excluding steroid dienone is 1. The van der Waals surface area contributed by atoms with E-state index in [-0.39, 0.29) is 23.3 Å². The van der Waals surface area contributed by atoms with Crippen molar-refractivity contribution in [1.82, 2.24) is 20.5 Å². The molecule has 7 rings (SSSR count). The molecule has 0 radical (unpaired) electrons. The Hall–Kier alpha value is -4.49. The van der Waals surface area contributed by atoms with Crippen LogP contribution in [0, 0.1) is 23.7 Å². The predicted molar refractivity (Wildman–Crippen MR) is 156 cm³/mol. The van der Waals surface area contributed by atoms with Gasteiger partial charge in [0.15, 0.2) is 5.82 Å². The molecule has 3 aliphatic heterocycles. The topological polar surface area (TPSA) is 144 Å². The molecule has 10 heteroatoms. The highest BCUT2D eigenvalue weighted by molar-refractivity contribution is 5.74. The Morgan fingerprint density at radius 2 is 1.85 bits per heavy atom. The zero-order valence-electron chi connectivity index (χ0n) is 22.6. The number of aromatic hydroxyl groups is 1. The average Bonchev–Trinajstić information content (AvgIpc) is 3.38. The van der Waals surface area contributed by atoms with Crippen molar-refractivity contribution < 1.29 is 15.3 Å². The van der Waals surface area contributed by atoms with Gasteiger partial charge in [0.05, 0.1) is 17.1 Å². The third kappa shape index (κ3) is 4.56. The Bertz CT molecular complexity index is 1570. The number of anilines is 3. The minimum Gasteiger partial charge on any atom is -0.508 e. The first-order chi connectivity index (χ1) is 20.0. The second kappa shape index (κ2) is 10.2. The molecule has 4 aliphatic rings. The van der Waals surface area contributed by atoms with Crippen LogP contribution >= 0.6 is 0 Å². The molecule has 41 heavy (non-hydrogen) atoms. The minimum atomic E-state index is -0.794. The van der Waals surface area contributed by atoms with Crippen LogP contribution in [0.4, 0.5) is 17.2 Å². The quantitative estimate of drug-likeness (QED) is 0.307. The fourth-order valence-corrected chi connectivity index (χ4v) is 6.96. The lowest BCUT2D eigenvalue weighted by Gasteiger charge is -2.43. The Morgan fingerprint density at radius 3 is 2.66 bits per heavy atom. The van der Waals surface area contributed by atoms with Gasteiger partial charge in [-0.3, -0.25) is 0 Å². The number of piperidine rings is 1. The van der Waals surface area contributed by atoms with E-state index < -0.39 is 6.10 Å². The number of aromatic nitrogens is 3. The predicted octanol–water partition coefficient (Wildman–Crippen LogP) is 2.80. The van der Waals surface area contributed by atoms with Crippen LogP contribution in [0.5, 0.6) is 5.75 Å². The Kier molecular flexibility index (Phi) is 6.31. The molecule has 3 fully saturated rings. The SMILES string of the molecule is Nc1nnc(-c2ccccc2O)cc1N1CC2CCC(C1)N2c1ccnc(C#CCC2CNC3=C(O)C(O)[C@H]2C3)c1. The first-order valence-electron chi connectivity index (χ1n) is 14.2. The van der Waals surface area contributed by atoms with Gasteiger partial charge < -0.3 is 36.2 Å². The molecule has 1 aliphatic carbocycles. The lowest BCUT2D eigenvalue weighted by molar-refractivity contribution is 0.0841. The van der Waals surface area contributed by atoms with Crippen molar-refractivity contribution in [3.05, 3.63) is 65.8 Å². The van der Waals surface area contributed by atoms with Gasteiger partial charge in [-0.1, -0.05) is 18.1 Å². The van der Waals surface area contributed by atoms with Crippen LogP contribution in [0.3, 0.4) is 0 Å². The summed E-state index contributed by atoms with van der Waals surface area (Å²) in [5.74, 6) is 7.36. The molecule has 210 valence electrons. The molecule has 0 spiro atoms. The number of aliphatic hydroxyl groups is 2. The van der Waals surface area contributed by atoms with Crippen molar-refractivity contribution in [3.63, 3.8) is 0 Å². The molecular formula is C31H33N7O3. The number of hydrogen-bond acceptors (Lipinski definition) is 10. The molecule has 3 saturated heterocycles. The van der Waals surface area contributed by atoms with E-state index >= 15 is 0 Å². The summed E-state index contributed by atoms with van der Waals surface area (Å²) < 4.78 is 0. The van der Waals surface area contributed by atoms with E-state index in [1.165, 1.54) is 0 Å². The molecule has 0 amide bonds. The molecular weight excluding hydrogens is 518 g/mol. The number of phenols is 1. The number of aliphatic hydroxyl groups excluding tert-OH is 2. The number of nitrogens with two attached hydrogens (primary N) is 1. The second-order valence-corrected chi connectivity index (χ2v) is 11.4. The van der Waals surface area contributed by atoms with Crippen LogP contribution < -0.4 is 20.9 Å². The van der Waals surface area contributed by atoms with Crippen LogP contribution in [0.1, 0.15) is 31.4 Å². The van der Waals surface area contributed by atoms with Crippen LogP contribution in [-0.2, 0) is 0 Å². The van der Waals surface area contributed by atoms with E-state index in [0.717, 1.165) is 48.7 Å². The zero-order chi connectivity index (χ0) is 28.1. The highest BCUT2D eigenvalue weighted by atomic mass is 16.3. The molecule has 5 atom stereocenters. The van der Waals surface area contributed by atoms with Gasteiger partial charge in [-0.15, -0.1) is 10.2 Å². The first kappa shape index (κ1) is 25.5. The highest BCUT2D eigenvalue weighted by Crippen LogP contribution is 2.40. The van der Waals surface area contributed by atoms with Crippen molar-refractivity contribution in [2.45, 2.75) is 43.9 Å². The summed E-state index contributed by atoms with van der Waals surface area (Å²) in [7, 11) is 0. The van der Waals surface area contributed by atoms with Crippen molar-refractivity contribution in [2.75, 3.05) is 35.2 Å². The molecule has 4 unspecified atom stereocenters. The number of rotatable bonds is 4. The Morgan fingerprint density at radius 1 is 1.05 bits per heavy atom. The number of benzene rings is 1. The Labute approximate surface area is 238 Å². The monoisotopic (exact) mass is 551 g/mol. The number of nitrogens with one attached hydrogen (secondary N) is 1. The summed E-state index contributed by atoms with van der Waals surface area (Å²) >= 11 is 0. The van der Waals surface area contributed by atoms with Crippen LogP contribution in [0.2, 0.25) is 0 Å². The summed E-state index contributed by atoms with van der Waals surface area (Å²) in [6.07, 6.45) is 4.50. The van der Waals surface area contributed by atoms with Crippen molar-refractivity contribution in [1.29, 1.82) is 0 Å². The maximum atomic E-state index is 10.3. The Balaban J connectivity index is 1.06. The van der Waals surface area contributed by atoms with Gasteiger partial charge in [0.25, 0.3) is 0 Å². The van der Waals surface area contributed by atoms with Crippen LogP contribution in [0.25, 0.3) is 11.3 Å². The van der Waals surface area contributed by atoms with Crippen molar-refractivity contribution >= 4 is 17.2 Å². The van der Waals surface area contributed by atoms with Crippen LogP contribution in [-0.4, -0.2) is 68.3 Å². The summed E-state index contributed by atoms with van der Waals surface area (Å²) in [5, 5.41) is 42.4. The third-order valence-electron chi connectivity index (χ3n) is 9.04. The fraction of sp³-hybridized carbons (Fsp3) is 0.387. The van der Waals surface area contributed by atoms with E-state index in [4.69, 9.17) is 5.73 Å². The first-order valence-corrected chi connectivity index (χ1v) is 14.2. The smallest absolute Gasteiger partial charge is 0.169 e. The summed E-state index contributed by atoms with van der Waals surface area (Å²) in [5.41, 5.74) is 11.0. The van der Waals surface area contributed by atoms with E-state index in [0.29, 0.717) is 48.5 Å². The second-order valence-electron chi connectivity index (χ2n) is 11.4. The standard InChI is InChI=1S/C31H33N7O3/c32-31-27(14-25(35-36-31)23-6-1-2-7-28(23)39)37-16-21-8-9-22(17-37)38(21)20-10-11-33-19(12-20)5-3-4-18-15-34-26-13-24(18)29(40)30(26)41/h1-2,6-7,10-12,14,18,21-22,24,29,34,39-41H,4,8-9,13,15-17H2,(H2,32,36)/t18?,21?,22?,24-,29?/m0/s1. The summed E-state index contributed by atoms with van der Waals surface area (Å²) in [6.45, 7) is 2.32. The van der Waals surface area contributed by atoms with Gasteiger partial charge >= 0.3 is 0 Å². The molecule has 6 N–H and O–H groups in total. The van der Waals surface area contributed by atoms with Gasteiger partial charge in [-0.25, -0.2) is 4.98 Å². The summed E-state index contributed by atoms with van der Waals surface area (Å²) in [6, 6.07) is 13.8. The van der Waals surface area contributed by atoms with Crippen molar-refractivity contribution in [2.24, 2.45) is 11.8 Å². The fourth-order valence-electron chi connectivity index (χ4n) is 6.96. The largest absolute Gasteiger partial charge is 0.508 e. The van der Waals surface area contributed by atoms with E-state index in [1.807, 2.05) is 24.4 Å². The maximum absolute atomic E-state index is 10.3. The number of fused-ring (bicyclic) bond motifs is 4. The van der Waals surface area contributed by atoms with E-state index in [1.54, 1.807) is 12.1 Å².